The second kappa shape index (κ2) is 6.29. The van der Waals surface area contributed by atoms with Gasteiger partial charge in [0.2, 0.25) is 0 Å². The number of hydrogen-bond donors (Lipinski definition) is 2. The largest absolute Gasteiger partial charge is 0.508 e. The van der Waals surface area contributed by atoms with Gasteiger partial charge in [-0.25, -0.2) is 0 Å². The molecule has 0 spiro atoms. The molecule has 1 aliphatic heterocycles. The molecule has 0 radical (unpaired) electrons. The summed E-state index contributed by atoms with van der Waals surface area (Å²) in [7, 11) is 0. The number of phenols is 1. The summed E-state index contributed by atoms with van der Waals surface area (Å²) < 4.78 is 5.66. The molecule has 2 aromatic rings. The summed E-state index contributed by atoms with van der Waals surface area (Å²) in [4.78, 5) is 11.9. The van der Waals surface area contributed by atoms with Gasteiger partial charge in [0.15, 0.2) is 10.7 Å². The van der Waals surface area contributed by atoms with E-state index in [9.17, 15) is 9.90 Å². The molecule has 0 aliphatic carbocycles. The van der Waals surface area contributed by atoms with E-state index in [1.54, 1.807) is 24.3 Å². The van der Waals surface area contributed by atoms with Crippen molar-refractivity contribution in [3.8, 4) is 28.7 Å². The zero-order valence-corrected chi connectivity index (χ0v) is 14.2. The lowest BCUT2D eigenvalue weighted by atomic mass is 10.0. The molecular formula is C16H8Cl2N2O3S. The molecule has 0 unspecified atom stereocenters. The Kier molecular flexibility index (Phi) is 4.33. The number of rotatable bonds is 2. The van der Waals surface area contributed by atoms with Crippen molar-refractivity contribution < 1.29 is 14.6 Å². The van der Waals surface area contributed by atoms with Gasteiger partial charge in [-0.1, -0.05) is 29.3 Å². The number of carbonyl (C=O) groups is 1. The number of hydrogen-bond acceptors (Lipinski definition) is 5. The van der Waals surface area contributed by atoms with Crippen molar-refractivity contribution in [2.24, 2.45) is 5.73 Å². The Labute approximate surface area is 151 Å². The highest BCUT2D eigenvalue weighted by atomic mass is 35.5. The average Bonchev–Trinajstić information content (AvgIpc) is 2.90. The van der Waals surface area contributed by atoms with Crippen LogP contribution in [0.4, 0.5) is 0 Å². The fraction of sp³-hybridized carbons (Fsp3) is 0. The zero-order chi connectivity index (χ0) is 17.4. The number of fused-ring (bicyclic) bond motifs is 1. The number of benzene rings is 2. The van der Waals surface area contributed by atoms with Crippen LogP contribution in [0.5, 0.6) is 11.5 Å². The van der Waals surface area contributed by atoms with Gasteiger partial charge in [-0.3, -0.25) is 4.79 Å². The molecule has 120 valence electrons. The molecule has 0 saturated heterocycles. The van der Waals surface area contributed by atoms with E-state index in [0.717, 1.165) is 11.8 Å². The predicted molar refractivity (Wildman–Crippen MR) is 91.9 cm³/mol. The van der Waals surface area contributed by atoms with Gasteiger partial charge < -0.3 is 15.6 Å². The summed E-state index contributed by atoms with van der Waals surface area (Å²) in [5.74, 6) is -0.515. The molecule has 0 bridgehead atoms. The lowest BCUT2D eigenvalue weighted by Crippen LogP contribution is -2.15. The molecular weight excluding hydrogens is 371 g/mol. The number of thioether (sulfide) groups is 1. The maximum atomic E-state index is 11.3. The number of carbonyl (C=O) groups excluding carboxylic acids is 1. The first-order valence-corrected chi connectivity index (χ1v) is 8.10. The molecule has 3 rings (SSSR count). The van der Waals surface area contributed by atoms with Crippen LogP contribution in [0.25, 0.3) is 11.1 Å². The monoisotopic (exact) mass is 378 g/mol. The quantitative estimate of drug-likeness (QED) is 0.606. The standard InChI is InChI=1S/C16H8Cl2N2O3S/c17-7-1-2-9(12(18)3-7)10-4-8(21)5-13-14(10)23-16(24-13)11(6-19)15(20)22/h1-5,21H,(H2,20,22)/b16-11-. The first-order valence-electron chi connectivity index (χ1n) is 6.53. The molecule has 1 heterocycles. The van der Waals surface area contributed by atoms with Crippen molar-refractivity contribution in [1.29, 1.82) is 5.26 Å². The van der Waals surface area contributed by atoms with Gasteiger partial charge in [-0.05, 0) is 36.0 Å². The van der Waals surface area contributed by atoms with E-state index < -0.39 is 5.91 Å². The third-order valence-electron chi connectivity index (χ3n) is 3.22. The van der Waals surface area contributed by atoms with Crippen LogP contribution in [-0.4, -0.2) is 11.0 Å². The molecule has 0 aromatic heterocycles. The number of nitrogens with two attached hydrogens (primary N) is 1. The highest BCUT2D eigenvalue weighted by molar-refractivity contribution is 8.03. The van der Waals surface area contributed by atoms with Crippen LogP contribution in [0.1, 0.15) is 0 Å². The maximum Gasteiger partial charge on any atom is 0.263 e. The second-order valence-electron chi connectivity index (χ2n) is 4.79. The molecule has 1 aliphatic rings. The van der Waals surface area contributed by atoms with Crippen molar-refractivity contribution in [3.05, 3.63) is 51.0 Å². The van der Waals surface area contributed by atoms with Crippen molar-refractivity contribution in [1.82, 2.24) is 0 Å². The second-order valence-corrected chi connectivity index (χ2v) is 6.65. The Morgan fingerprint density at radius 2 is 2.00 bits per heavy atom. The van der Waals surface area contributed by atoms with Crippen LogP contribution in [-0.2, 0) is 4.79 Å². The average molecular weight is 379 g/mol. The third kappa shape index (κ3) is 2.89. The Morgan fingerprint density at radius 1 is 1.25 bits per heavy atom. The number of halogens is 2. The smallest absolute Gasteiger partial charge is 0.263 e. The molecule has 3 N–H and O–H groups in total. The summed E-state index contributed by atoms with van der Waals surface area (Å²) in [6, 6.07) is 9.58. The van der Waals surface area contributed by atoms with Gasteiger partial charge in [-0.2, -0.15) is 5.26 Å². The minimum absolute atomic E-state index is 0.00954. The van der Waals surface area contributed by atoms with Crippen LogP contribution in [0, 0.1) is 11.3 Å². The molecule has 0 fully saturated rings. The molecule has 0 atom stereocenters. The number of primary amides is 1. The normalized spacial score (nSPS) is 14.5. The van der Waals surface area contributed by atoms with Gasteiger partial charge in [0.05, 0.1) is 9.92 Å². The van der Waals surface area contributed by atoms with Crippen molar-refractivity contribution in [2.45, 2.75) is 4.90 Å². The van der Waals surface area contributed by atoms with E-state index in [4.69, 9.17) is 38.9 Å². The van der Waals surface area contributed by atoms with E-state index in [2.05, 4.69) is 0 Å². The Balaban J connectivity index is 2.18. The molecule has 24 heavy (non-hydrogen) atoms. The van der Waals surface area contributed by atoms with Gasteiger partial charge in [-0.15, -0.1) is 0 Å². The lowest BCUT2D eigenvalue weighted by Gasteiger charge is -2.10. The molecule has 5 nitrogen and oxygen atoms in total. The number of aromatic hydroxyl groups is 1. The fourth-order valence-electron chi connectivity index (χ4n) is 2.19. The Hall–Kier alpha value is -2.33. The van der Waals surface area contributed by atoms with E-state index >= 15 is 0 Å². The molecule has 2 aromatic carbocycles. The number of nitrogens with zero attached hydrogens (tertiary/aromatic N) is 1. The maximum absolute atomic E-state index is 11.3. The molecule has 0 saturated carbocycles. The SMILES string of the molecule is N#C/C(C(N)=O)=C1\Oc2c(cc(O)cc2-c2ccc(Cl)cc2Cl)S1. The van der Waals surface area contributed by atoms with Crippen LogP contribution in [0.3, 0.4) is 0 Å². The van der Waals surface area contributed by atoms with Crippen LogP contribution in [0.15, 0.2) is 45.9 Å². The zero-order valence-electron chi connectivity index (χ0n) is 11.8. The fourth-order valence-corrected chi connectivity index (χ4v) is 3.70. The third-order valence-corrected chi connectivity index (χ3v) is 4.76. The van der Waals surface area contributed by atoms with Gasteiger partial charge >= 0.3 is 0 Å². The van der Waals surface area contributed by atoms with E-state index in [-0.39, 0.29) is 16.4 Å². The van der Waals surface area contributed by atoms with Crippen LogP contribution >= 0.6 is 35.0 Å². The van der Waals surface area contributed by atoms with Crippen LogP contribution in [0.2, 0.25) is 10.0 Å². The highest BCUT2D eigenvalue weighted by Gasteiger charge is 2.29. The van der Waals surface area contributed by atoms with E-state index in [1.807, 2.05) is 0 Å². The highest BCUT2D eigenvalue weighted by Crippen LogP contribution is 2.52. The predicted octanol–water partition coefficient (Wildman–Crippen LogP) is 4.07. The first-order chi connectivity index (χ1) is 11.4. The number of amides is 1. The van der Waals surface area contributed by atoms with Crippen molar-refractivity contribution >= 4 is 40.9 Å². The summed E-state index contributed by atoms with van der Waals surface area (Å²) in [6.07, 6.45) is 0. The summed E-state index contributed by atoms with van der Waals surface area (Å²) in [6.45, 7) is 0. The van der Waals surface area contributed by atoms with Gasteiger partial charge in [0.25, 0.3) is 5.91 Å². The van der Waals surface area contributed by atoms with Gasteiger partial charge in [0.1, 0.15) is 17.6 Å². The van der Waals surface area contributed by atoms with Crippen molar-refractivity contribution in [2.75, 3.05) is 0 Å². The lowest BCUT2D eigenvalue weighted by molar-refractivity contribution is -0.114. The minimum Gasteiger partial charge on any atom is -0.508 e. The number of phenolic OH excluding ortho intramolecular Hbond substituents is 1. The topological polar surface area (TPSA) is 96.3 Å². The number of ether oxygens (including phenoxy) is 1. The van der Waals surface area contributed by atoms with Crippen molar-refractivity contribution in [3.63, 3.8) is 0 Å². The summed E-state index contributed by atoms with van der Waals surface area (Å²) >= 11 is 13.2. The summed E-state index contributed by atoms with van der Waals surface area (Å²) in [5, 5.41) is 19.9. The van der Waals surface area contributed by atoms with Crippen LogP contribution < -0.4 is 10.5 Å². The Bertz CT molecular complexity index is 951. The molecule has 1 amide bonds. The first kappa shape index (κ1) is 16.5. The minimum atomic E-state index is -0.886. The Morgan fingerprint density at radius 3 is 2.62 bits per heavy atom. The molecule has 8 heteroatoms. The number of nitriles is 1. The van der Waals surface area contributed by atoms with Gasteiger partial charge in [0, 0.05) is 16.1 Å². The summed E-state index contributed by atoms with van der Waals surface area (Å²) in [5.41, 5.74) is 6.00. The van der Waals surface area contributed by atoms with E-state index in [1.165, 1.54) is 12.1 Å². The van der Waals surface area contributed by atoms with E-state index in [0.29, 0.717) is 31.8 Å².